The van der Waals surface area contributed by atoms with Gasteiger partial charge >= 0.3 is 0 Å². The molecule has 1 N–H and O–H groups in total. The van der Waals surface area contributed by atoms with Gasteiger partial charge in [-0.15, -0.1) is 0 Å². The minimum Gasteiger partial charge on any atom is -0.323 e. The zero-order chi connectivity index (χ0) is 17.0. The second-order valence-electron chi connectivity index (χ2n) is 5.10. The zero-order valence-corrected chi connectivity index (χ0v) is 13.6. The third-order valence-corrected chi connectivity index (χ3v) is 4.52. The van der Waals surface area contributed by atoms with Gasteiger partial charge in [-0.25, -0.2) is 12.8 Å². The van der Waals surface area contributed by atoms with E-state index in [1.54, 1.807) is 36.4 Å². The lowest BCUT2D eigenvalue weighted by atomic mass is 10.1. The van der Waals surface area contributed by atoms with Crippen molar-refractivity contribution in [1.29, 1.82) is 0 Å². The lowest BCUT2D eigenvalue weighted by molar-refractivity contribution is -0.115. The average molecular weight is 336 g/mol. The second-order valence-corrected chi connectivity index (χ2v) is 7.12. The van der Waals surface area contributed by atoms with Crippen LogP contribution in [0.5, 0.6) is 0 Å². The van der Waals surface area contributed by atoms with Gasteiger partial charge in [-0.3, -0.25) is 9.10 Å². The number of carbonyl (C=O) groups excluding carboxylic acids is 1. The van der Waals surface area contributed by atoms with Crippen molar-refractivity contribution in [1.82, 2.24) is 0 Å². The van der Waals surface area contributed by atoms with E-state index in [1.165, 1.54) is 19.2 Å². The summed E-state index contributed by atoms with van der Waals surface area (Å²) in [5, 5.41) is 2.50. The van der Waals surface area contributed by atoms with E-state index in [-0.39, 0.29) is 18.0 Å². The van der Waals surface area contributed by atoms with Crippen molar-refractivity contribution in [2.24, 2.45) is 0 Å². The molecule has 23 heavy (non-hydrogen) atoms. The van der Waals surface area contributed by atoms with Crippen molar-refractivity contribution in [2.75, 3.05) is 22.9 Å². The number of anilines is 2. The zero-order valence-electron chi connectivity index (χ0n) is 12.8. The van der Waals surface area contributed by atoms with E-state index in [2.05, 4.69) is 5.32 Å². The Morgan fingerprint density at radius 3 is 2.30 bits per heavy atom. The topological polar surface area (TPSA) is 66.5 Å². The minimum atomic E-state index is -3.32. The summed E-state index contributed by atoms with van der Waals surface area (Å²) in [7, 11) is -1.87. The summed E-state index contributed by atoms with van der Waals surface area (Å²) < 4.78 is 37.5. The molecule has 0 unspecified atom stereocenters. The van der Waals surface area contributed by atoms with Crippen LogP contribution in [0.2, 0.25) is 0 Å². The molecule has 0 aliphatic heterocycles. The molecule has 2 aromatic rings. The fourth-order valence-electron chi connectivity index (χ4n) is 1.96. The van der Waals surface area contributed by atoms with Crippen LogP contribution in [0.4, 0.5) is 15.8 Å². The Hall–Kier alpha value is -2.41. The van der Waals surface area contributed by atoms with Gasteiger partial charge in [-0.1, -0.05) is 24.3 Å². The van der Waals surface area contributed by atoms with Gasteiger partial charge in [-0.2, -0.15) is 0 Å². The number of nitrogens with one attached hydrogen (secondary N) is 1. The highest BCUT2D eigenvalue weighted by Gasteiger charge is 2.12. The fourth-order valence-corrected chi connectivity index (χ4v) is 2.46. The van der Waals surface area contributed by atoms with Crippen LogP contribution in [0.25, 0.3) is 0 Å². The first kappa shape index (κ1) is 17.0. The van der Waals surface area contributed by atoms with Gasteiger partial charge in [0.2, 0.25) is 15.9 Å². The molecule has 2 aromatic carbocycles. The Labute approximate surface area is 134 Å². The Bertz CT molecular complexity index is 804. The fraction of sp³-hybridized carbons (Fsp3) is 0.188. The number of halogens is 1. The summed E-state index contributed by atoms with van der Waals surface area (Å²) >= 11 is 0. The predicted molar refractivity (Wildman–Crippen MR) is 88.4 cm³/mol. The maximum atomic E-state index is 13.5. The standard InChI is InChI=1S/C16H17FN2O3S/c1-19(23(2,21)22)13-9-7-12(8-10-13)11-16(20)18-15-6-4-3-5-14(15)17/h3-10H,11H2,1-2H3,(H,18,20). The Kier molecular flexibility index (Phi) is 5.00. The highest BCUT2D eigenvalue weighted by Crippen LogP contribution is 2.17. The van der Waals surface area contributed by atoms with Crippen molar-refractivity contribution in [2.45, 2.75) is 6.42 Å². The molecule has 7 heteroatoms. The minimum absolute atomic E-state index is 0.0667. The van der Waals surface area contributed by atoms with Gasteiger partial charge in [0.25, 0.3) is 0 Å². The van der Waals surface area contributed by atoms with Gasteiger partial charge in [0.15, 0.2) is 0 Å². The number of amides is 1. The quantitative estimate of drug-likeness (QED) is 0.912. The number of carbonyl (C=O) groups is 1. The molecule has 1 amide bonds. The smallest absolute Gasteiger partial charge is 0.231 e. The van der Waals surface area contributed by atoms with Crippen LogP contribution in [-0.4, -0.2) is 27.6 Å². The molecule has 0 saturated heterocycles. The normalized spacial score (nSPS) is 11.1. The summed E-state index contributed by atoms with van der Waals surface area (Å²) in [5.74, 6) is -0.842. The SMILES string of the molecule is CN(c1ccc(CC(=O)Nc2ccccc2F)cc1)S(C)(=O)=O. The molecule has 0 spiro atoms. The average Bonchev–Trinajstić information content (AvgIpc) is 2.49. The lowest BCUT2D eigenvalue weighted by Gasteiger charge is -2.16. The Morgan fingerprint density at radius 1 is 1.13 bits per heavy atom. The largest absolute Gasteiger partial charge is 0.323 e. The number of nitrogens with zero attached hydrogens (tertiary/aromatic N) is 1. The number of hydrogen-bond acceptors (Lipinski definition) is 3. The summed E-state index contributed by atoms with van der Waals surface area (Å²) in [5.41, 5.74) is 1.33. The van der Waals surface area contributed by atoms with E-state index in [4.69, 9.17) is 0 Å². The maximum absolute atomic E-state index is 13.5. The summed E-state index contributed by atoms with van der Waals surface area (Å²) in [6, 6.07) is 12.5. The van der Waals surface area contributed by atoms with E-state index in [9.17, 15) is 17.6 Å². The van der Waals surface area contributed by atoms with Crippen LogP contribution in [0.1, 0.15) is 5.56 Å². The molecule has 5 nitrogen and oxygen atoms in total. The molecule has 0 bridgehead atoms. The summed E-state index contributed by atoms with van der Waals surface area (Å²) in [6.07, 6.45) is 1.18. The highest BCUT2D eigenvalue weighted by atomic mass is 32.2. The first-order chi connectivity index (χ1) is 10.8. The van der Waals surface area contributed by atoms with Crippen molar-refractivity contribution in [3.05, 3.63) is 59.9 Å². The maximum Gasteiger partial charge on any atom is 0.231 e. The van der Waals surface area contributed by atoms with E-state index in [1.807, 2.05) is 0 Å². The molecule has 0 saturated carbocycles. The van der Waals surface area contributed by atoms with Crippen LogP contribution in [0.3, 0.4) is 0 Å². The van der Waals surface area contributed by atoms with E-state index in [0.29, 0.717) is 11.3 Å². The van der Waals surface area contributed by atoms with Crippen LogP contribution in [0.15, 0.2) is 48.5 Å². The van der Waals surface area contributed by atoms with E-state index < -0.39 is 15.8 Å². The van der Waals surface area contributed by atoms with E-state index in [0.717, 1.165) is 10.6 Å². The molecule has 122 valence electrons. The predicted octanol–water partition coefficient (Wildman–Crippen LogP) is 2.40. The highest BCUT2D eigenvalue weighted by molar-refractivity contribution is 7.92. The number of sulfonamides is 1. The summed E-state index contributed by atoms with van der Waals surface area (Å²) in [6.45, 7) is 0. The Morgan fingerprint density at radius 2 is 1.74 bits per heavy atom. The number of para-hydroxylation sites is 1. The number of rotatable bonds is 5. The monoisotopic (exact) mass is 336 g/mol. The third-order valence-electron chi connectivity index (χ3n) is 3.31. The first-order valence-electron chi connectivity index (χ1n) is 6.84. The van der Waals surface area contributed by atoms with Crippen LogP contribution < -0.4 is 9.62 Å². The molecular weight excluding hydrogens is 319 g/mol. The molecule has 0 atom stereocenters. The third kappa shape index (κ3) is 4.53. The van der Waals surface area contributed by atoms with Gasteiger partial charge in [0.05, 0.1) is 24.1 Å². The van der Waals surface area contributed by atoms with E-state index >= 15 is 0 Å². The lowest BCUT2D eigenvalue weighted by Crippen LogP contribution is -2.24. The van der Waals surface area contributed by atoms with Crippen LogP contribution >= 0.6 is 0 Å². The van der Waals surface area contributed by atoms with Crippen molar-refractivity contribution in [3.8, 4) is 0 Å². The number of benzene rings is 2. The van der Waals surface area contributed by atoms with Gasteiger partial charge in [-0.05, 0) is 29.8 Å². The second kappa shape index (κ2) is 6.78. The van der Waals surface area contributed by atoms with Crippen molar-refractivity contribution >= 4 is 27.3 Å². The summed E-state index contributed by atoms with van der Waals surface area (Å²) in [4.78, 5) is 11.9. The molecule has 0 radical (unpaired) electrons. The molecular formula is C16H17FN2O3S. The van der Waals surface area contributed by atoms with Gasteiger partial charge in [0, 0.05) is 7.05 Å². The molecule has 0 aromatic heterocycles. The molecule has 2 rings (SSSR count). The number of hydrogen-bond donors (Lipinski definition) is 1. The molecule has 0 aliphatic rings. The van der Waals surface area contributed by atoms with Crippen LogP contribution in [-0.2, 0) is 21.2 Å². The Balaban J connectivity index is 2.04. The molecule has 0 heterocycles. The van der Waals surface area contributed by atoms with Crippen molar-refractivity contribution < 1.29 is 17.6 Å². The molecule has 0 aliphatic carbocycles. The first-order valence-corrected chi connectivity index (χ1v) is 8.69. The van der Waals surface area contributed by atoms with Crippen molar-refractivity contribution in [3.63, 3.8) is 0 Å². The van der Waals surface area contributed by atoms with Gasteiger partial charge in [0.1, 0.15) is 5.82 Å². The molecule has 0 fully saturated rings. The van der Waals surface area contributed by atoms with Gasteiger partial charge < -0.3 is 5.32 Å². The van der Waals surface area contributed by atoms with Crippen LogP contribution in [0, 0.1) is 5.82 Å².